The third-order valence-corrected chi connectivity index (χ3v) is 5.53. The number of ether oxygens (including phenoxy) is 1. The molecule has 0 unspecified atom stereocenters. The lowest BCUT2D eigenvalue weighted by molar-refractivity contribution is 0.0405. The molecule has 1 heterocycles. The minimum absolute atomic E-state index is 0.351. The van der Waals surface area contributed by atoms with Gasteiger partial charge >= 0.3 is 6.09 Å². The maximum Gasteiger partial charge on any atom is 0.416 e. The average molecular weight is 361 g/mol. The molecule has 1 amide bonds. The first-order chi connectivity index (χ1) is 11.7. The van der Waals surface area contributed by atoms with Crippen molar-refractivity contribution in [2.24, 2.45) is 16.1 Å². The van der Waals surface area contributed by atoms with Crippen LogP contribution in [0.25, 0.3) is 0 Å². The maximum atomic E-state index is 12.4. The molecule has 1 aliphatic heterocycles. The molecule has 25 heavy (non-hydrogen) atoms. The van der Waals surface area contributed by atoms with E-state index in [9.17, 15) is 9.70 Å². The Balaban J connectivity index is 1.90. The molecule has 2 atom stereocenters. The molecule has 134 valence electrons. The number of amidine groups is 1. The van der Waals surface area contributed by atoms with Gasteiger partial charge in [-0.25, -0.2) is 4.79 Å². The van der Waals surface area contributed by atoms with E-state index in [0.29, 0.717) is 16.8 Å². The number of thioether (sulfide) groups is 1. The average Bonchev–Trinajstić information content (AvgIpc) is 3.27. The van der Waals surface area contributed by atoms with Crippen LogP contribution in [0.15, 0.2) is 34.4 Å². The SMILES string of the molecule is CN(C(=O)OC(C)(C)C)C1=N[C@]2(c3cccc(N=O)c3)C[C@@H]2CCS1. The van der Waals surface area contributed by atoms with E-state index >= 15 is 0 Å². The summed E-state index contributed by atoms with van der Waals surface area (Å²) in [6.07, 6.45) is 1.55. The zero-order chi connectivity index (χ0) is 18.2. The van der Waals surface area contributed by atoms with E-state index in [1.807, 2.05) is 32.9 Å². The Hall–Kier alpha value is -1.89. The molecule has 6 nitrogen and oxygen atoms in total. The first-order valence-corrected chi connectivity index (χ1v) is 9.37. The second-order valence-electron chi connectivity index (χ2n) is 7.54. The second kappa shape index (κ2) is 6.44. The lowest BCUT2D eigenvalue weighted by atomic mass is 10.0. The highest BCUT2D eigenvalue weighted by atomic mass is 32.2. The number of carbonyl (C=O) groups is 1. The summed E-state index contributed by atoms with van der Waals surface area (Å²) in [5, 5.41) is 3.70. The summed E-state index contributed by atoms with van der Waals surface area (Å²) >= 11 is 1.57. The van der Waals surface area contributed by atoms with Gasteiger partial charge in [-0.05, 0) is 62.4 Å². The van der Waals surface area contributed by atoms with Gasteiger partial charge < -0.3 is 4.74 Å². The second-order valence-corrected chi connectivity index (χ2v) is 8.60. The predicted molar refractivity (Wildman–Crippen MR) is 100 cm³/mol. The van der Waals surface area contributed by atoms with Crippen LogP contribution in [0.5, 0.6) is 0 Å². The minimum atomic E-state index is -0.551. The van der Waals surface area contributed by atoms with Crippen LogP contribution in [-0.2, 0) is 10.3 Å². The fraction of sp³-hybridized carbons (Fsp3) is 0.556. The number of rotatable bonds is 2. The topological polar surface area (TPSA) is 71.3 Å². The van der Waals surface area contributed by atoms with E-state index in [0.717, 1.165) is 24.2 Å². The molecule has 3 rings (SSSR count). The van der Waals surface area contributed by atoms with E-state index in [4.69, 9.17) is 9.73 Å². The minimum Gasteiger partial charge on any atom is -0.443 e. The molecule has 2 aliphatic rings. The summed E-state index contributed by atoms with van der Waals surface area (Å²) in [4.78, 5) is 29.7. The van der Waals surface area contributed by atoms with Gasteiger partial charge in [-0.3, -0.25) is 9.89 Å². The van der Waals surface area contributed by atoms with Gasteiger partial charge in [-0.1, -0.05) is 23.9 Å². The lowest BCUT2D eigenvalue weighted by Crippen LogP contribution is -2.37. The largest absolute Gasteiger partial charge is 0.443 e. The number of aliphatic imine (C=N–C) groups is 1. The third-order valence-electron chi connectivity index (χ3n) is 4.47. The Morgan fingerprint density at radius 3 is 2.88 bits per heavy atom. The summed E-state index contributed by atoms with van der Waals surface area (Å²) in [7, 11) is 1.69. The number of nitrogens with zero attached hydrogens (tertiary/aromatic N) is 3. The summed E-state index contributed by atoms with van der Waals surface area (Å²) in [6.45, 7) is 5.53. The van der Waals surface area contributed by atoms with E-state index < -0.39 is 11.7 Å². The zero-order valence-electron chi connectivity index (χ0n) is 15.0. The van der Waals surface area contributed by atoms with E-state index in [1.165, 1.54) is 4.90 Å². The number of carbonyl (C=O) groups excluding carboxylic acids is 1. The zero-order valence-corrected chi connectivity index (χ0v) is 15.8. The van der Waals surface area contributed by atoms with Gasteiger partial charge in [0, 0.05) is 12.8 Å². The molecule has 1 aromatic carbocycles. The molecule has 1 fully saturated rings. The monoisotopic (exact) mass is 361 g/mol. The first-order valence-electron chi connectivity index (χ1n) is 8.38. The lowest BCUT2D eigenvalue weighted by Gasteiger charge is -2.25. The van der Waals surface area contributed by atoms with Crippen molar-refractivity contribution in [3.63, 3.8) is 0 Å². The summed E-state index contributed by atoms with van der Waals surface area (Å²) < 4.78 is 5.45. The van der Waals surface area contributed by atoms with Crippen LogP contribution in [-0.4, -0.2) is 34.6 Å². The highest BCUT2D eigenvalue weighted by molar-refractivity contribution is 8.13. The normalized spacial score (nSPS) is 25.3. The smallest absolute Gasteiger partial charge is 0.416 e. The highest BCUT2D eigenvalue weighted by Crippen LogP contribution is 2.59. The van der Waals surface area contributed by atoms with Gasteiger partial charge in [0.05, 0.1) is 5.54 Å². The third kappa shape index (κ3) is 3.71. The van der Waals surface area contributed by atoms with Gasteiger partial charge in [0.25, 0.3) is 0 Å². The van der Waals surface area contributed by atoms with Crippen LogP contribution in [0.3, 0.4) is 0 Å². The first kappa shape index (κ1) is 17.9. The molecule has 0 aromatic heterocycles. The van der Waals surface area contributed by atoms with Gasteiger partial charge in [-0.2, -0.15) is 0 Å². The van der Waals surface area contributed by atoms with Crippen molar-refractivity contribution in [1.82, 2.24) is 4.90 Å². The van der Waals surface area contributed by atoms with Crippen molar-refractivity contribution in [2.75, 3.05) is 12.8 Å². The molecule has 0 radical (unpaired) electrons. The van der Waals surface area contributed by atoms with Crippen LogP contribution < -0.4 is 0 Å². The Labute approximate surface area is 152 Å². The predicted octanol–water partition coefficient (Wildman–Crippen LogP) is 4.66. The highest BCUT2D eigenvalue weighted by Gasteiger charge is 2.56. The Morgan fingerprint density at radius 2 is 2.20 bits per heavy atom. The number of fused-ring (bicyclic) bond motifs is 1. The van der Waals surface area contributed by atoms with E-state index in [2.05, 4.69) is 5.18 Å². The molecule has 0 N–H and O–H groups in total. The summed E-state index contributed by atoms with van der Waals surface area (Å²) in [6, 6.07) is 7.31. The van der Waals surface area contributed by atoms with E-state index in [-0.39, 0.29) is 5.54 Å². The number of benzene rings is 1. The Kier molecular flexibility index (Phi) is 4.62. The van der Waals surface area contributed by atoms with Crippen LogP contribution in [0.4, 0.5) is 10.5 Å². The van der Waals surface area contributed by atoms with Crippen LogP contribution in [0, 0.1) is 10.8 Å². The Morgan fingerprint density at radius 1 is 1.44 bits per heavy atom. The van der Waals surface area contributed by atoms with Crippen molar-refractivity contribution in [3.8, 4) is 0 Å². The number of hydrogen-bond acceptors (Lipinski definition) is 6. The van der Waals surface area contributed by atoms with Gasteiger partial charge in [-0.15, -0.1) is 4.91 Å². The van der Waals surface area contributed by atoms with Crippen molar-refractivity contribution in [3.05, 3.63) is 34.7 Å². The fourth-order valence-electron chi connectivity index (χ4n) is 3.12. The summed E-state index contributed by atoms with van der Waals surface area (Å²) in [5.41, 5.74) is 0.500. The van der Waals surface area contributed by atoms with Crippen molar-refractivity contribution >= 4 is 28.7 Å². The number of nitroso groups, excluding NO2 is 1. The van der Waals surface area contributed by atoms with Crippen molar-refractivity contribution in [1.29, 1.82) is 0 Å². The standard InChI is InChI=1S/C18H23N3O3S/c1-17(2,3)24-16(22)21(4)15-19-18(11-13(18)8-9-25-15)12-6-5-7-14(10-12)20-23/h5-7,10,13H,8-9,11H2,1-4H3/t13-,18-/m0/s1. The molecular weight excluding hydrogens is 338 g/mol. The fourth-order valence-corrected chi connectivity index (χ4v) is 4.20. The van der Waals surface area contributed by atoms with E-state index in [1.54, 1.807) is 30.9 Å². The molecule has 0 spiro atoms. The molecule has 0 bridgehead atoms. The number of amides is 1. The van der Waals surface area contributed by atoms with Crippen molar-refractivity contribution < 1.29 is 9.53 Å². The quantitative estimate of drug-likeness (QED) is 0.718. The molecule has 1 aromatic rings. The molecule has 1 saturated carbocycles. The molecule has 7 heteroatoms. The molecular formula is C18H23N3O3S. The molecule has 1 aliphatic carbocycles. The van der Waals surface area contributed by atoms with Crippen LogP contribution in [0.2, 0.25) is 0 Å². The summed E-state index contributed by atoms with van der Waals surface area (Å²) in [5.74, 6) is 1.34. The number of hydrogen-bond donors (Lipinski definition) is 0. The van der Waals surface area contributed by atoms with Crippen LogP contribution >= 0.6 is 11.8 Å². The van der Waals surface area contributed by atoms with Crippen molar-refractivity contribution in [2.45, 2.75) is 44.8 Å². The molecule has 0 saturated heterocycles. The van der Waals surface area contributed by atoms with Gasteiger partial charge in [0.1, 0.15) is 11.3 Å². The Bertz CT molecular complexity index is 729. The van der Waals surface area contributed by atoms with Crippen LogP contribution in [0.1, 0.15) is 39.2 Å². The van der Waals surface area contributed by atoms with Gasteiger partial charge in [0.2, 0.25) is 0 Å². The maximum absolute atomic E-state index is 12.4. The van der Waals surface area contributed by atoms with Gasteiger partial charge in [0.15, 0.2) is 5.17 Å².